The number of carbonyl (C=O) groups excluding carboxylic acids is 5. The molecule has 2 aromatic rings. The molecule has 166 valence electrons. The van der Waals surface area contributed by atoms with E-state index in [0.29, 0.717) is 0 Å². The van der Waals surface area contributed by atoms with E-state index >= 15 is 0 Å². The van der Waals surface area contributed by atoms with Crippen LogP contribution in [0.25, 0.3) is 0 Å². The number of rotatable bonds is 3. The third kappa shape index (κ3) is 10.3. The van der Waals surface area contributed by atoms with Crippen LogP contribution in [0, 0.1) is 23.3 Å². The molecule has 0 aliphatic carbocycles. The molecule has 0 atom stereocenters. The maximum absolute atomic E-state index is 12.8. The Morgan fingerprint density at radius 3 is 1.32 bits per heavy atom. The highest BCUT2D eigenvalue weighted by atomic mass is 35.5. The minimum absolute atomic E-state index is 0. The number of primary amides is 1. The lowest BCUT2D eigenvalue weighted by Gasteiger charge is -1.97. The van der Waals surface area contributed by atoms with Crippen molar-refractivity contribution < 1.29 is 41.5 Å². The minimum Gasteiger partial charge on any atom is -0.365 e. The molecule has 2 amide bonds. The molecule has 7 nitrogen and oxygen atoms in total. The molecule has 2 rings (SSSR count). The smallest absolute Gasteiger partial charge is 0.304 e. The number of halogens is 6. The molecule has 13 heteroatoms. The molecular weight excluding hydrogens is 471 g/mol. The fraction of sp³-hybridized carbons (Fsp3) is 0.0556. The van der Waals surface area contributed by atoms with E-state index in [9.17, 15) is 41.5 Å². The van der Waals surface area contributed by atoms with E-state index in [1.807, 2.05) is 0 Å². The van der Waals surface area contributed by atoms with Crippen molar-refractivity contribution in [1.82, 2.24) is 0 Å². The molecule has 31 heavy (non-hydrogen) atoms. The van der Waals surface area contributed by atoms with Gasteiger partial charge in [-0.3, -0.25) is 19.2 Å². The first-order valence-electron chi connectivity index (χ1n) is 7.13. The number of nitrogens with zero attached hydrogens (tertiary/aromatic N) is 1. The van der Waals surface area contributed by atoms with Gasteiger partial charge in [-0.15, -0.1) is 4.99 Å². The number of hydrogen-bond donors (Lipinski definition) is 1. The second kappa shape index (κ2) is 14.6. The van der Waals surface area contributed by atoms with Crippen molar-refractivity contribution in [3.63, 3.8) is 0 Å². The molecule has 0 saturated carbocycles. The van der Waals surface area contributed by atoms with Crippen LogP contribution in [0.5, 0.6) is 0 Å². The Morgan fingerprint density at radius 2 is 1.10 bits per heavy atom. The highest BCUT2D eigenvalue weighted by Gasteiger charge is 2.15. The van der Waals surface area contributed by atoms with Gasteiger partial charge in [0.25, 0.3) is 11.8 Å². The van der Waals surface area contributed by atoms with Gasteiger partial charge in [0, 0.05) is 0 Å². The summed E-state index contributed by atoms with van der Waals surface area (Å²) in [6.07, 6.45) is 0.913. The van der Waals surface area contributed by atoms with E-state index in [2.05, 4.69) is 28.2 Å². The number of amides is 2. The molecule has 0 aromatic heterocycles. The summed E-state index contributed by atoms with van der Waals surface area (Å²) in [5.41, 5.74) is 3.17. The predicted molar refractivity (Wildman–Crippen MR) is 102 cm³/mol. The summed E-state index contributed by atoms with van der Waals surface area (Å²) in [5, 5.41) is -2.28. The topological polar surface area (TPSA) is 124 Å². The van der Waals surface area contributed by atoms with E-state index < -0.39 is 56.7 Å². The van der Waals surface area contributed by atoms with Gasteiger partial charge in [-0.1, -0.05) is 19.6 Å². The largest absolute Gasteiger partial charge is 0.365 e. The van der Waals surface area contributed by atoms with Crippen molar-refractivity contribution in [3.8, 4) is 0 Å². The maximum Gasteiger partial charge on any atom is 0.304 e. The third-order valence-electron chi connectivity index (χ3n) is 2.69. The highest BCUT2D eigenvalue weighted by molar-refractivity contribution is 6.97. The first kappa shape index (κ1) is 29.8. The monoisotopic (exact) mass is 482 g/mol. The van der Waals surface area contributed by atoms with Crippen molar-refractivity contribution in [3.05, 3.63) is 70.8 Å². The second-order valence-corrected chi connectivity index (χ2v) is 5.30. The zero-order chi connectivity index (χ0) is 23.4. The Balaban J connectivity index is 0. The van der Waals surface area contributed by atoms with Crippen molar-refractivity contribution in [1.29, 1.82) is 0 Å². The van der Waals surface area contributed by atoms with Gasteiger partial charge < -0.3 is 5.73 Å². The number of aliphatic imine (C=N–C) groups is 1. The lowest BCUT2D eigenvalue weighted by molar-refractivity contribution is -0.127. The minimum atomic E-state index is -1.27. The Kier molecular flexibility index (Phi) is 14.0. The molecule has 0 heterocycles. The van der Waals surface area contributed by atoms with E-state index in [4.69, 9.17) is 5.73 Å². The van der Waals surface area contributed by atoms with Crippen LogP contribution in [0.4, 0.5) is 17.6 Å². The van der Waals surface area contributed by atoms with Crippen LogP contribution >= 0.6 is 23.2 Å². The lowest BCUT2D eigenvalue weighted by atomic mass is 10.2. The first-order chi connectivity index (χ1) is 13.9. The average molecular weight is 483 g/mol. The average Bonchev–Trinajstić information content (AvgIpc) is 2.62. The van der Waals surface area contributed by atoms with Crippen molar-refractivity contribution in [2.24, 2.45) is 10.7 Å². The molecule has 0 saturated heterocycles. The molecule has 0 aliphatic heterocycles. The van der Waals surface area contributed by atoms with Crippen molar-refractivity contribution >= 4 is 51.6 Å². The normalized spacial score (nSPS) is 8.71. The Hall–Kier alpha value is -3.40. The zero-order valence-electron chi connectivity index (χ0n) is 14.3. The van der Waals surface area contributed by atoms with Crippen LogP contribution in [0.2, 0.25) is 0 Å². The van der Waals surface area contributed by atoms with Crippen LogP contribution in [0.3, 0.4) is 0 Å². The van der Waals surface area contributed by atoms with Gasteiger partial charge in [-0.05, 0) is 47.5 Å². The van der Waals surface area contributed by atoms with Crippen LogP contribution in [0.15, 0.2) is 41.4 Å². The zero-order valence-corrected chi connectivity index (χ0v) is 15.8. The van der Waals surface area contributed by atoms with Crippen LogP contribution < -0.4 is 5.73 Å². The molecule has 2 N–H and O–H groups in total. The summed E-state index contributed by atoms with van der Waals surface area (Å²) in [5.74, 6) is -6.34. The Labute approximate surface area is 182 Å². The van der Waals surface area contributed by atoms with Gasteiger partial charge in [-0.2, -0.15) is 0 Å². The number of benzene rings is 2. The molecule has 0 spiro atoms. The summed E-state index contributed by atoms with van der Waals surface area (Å²) >= 11 is 8.98. The maximum atomic E-state index is 12.8. The van der Waals surface area contributed by atoms with Gasteiger partial charge in [0.15, 0.2) is 0 Å². The summed E-state index contributed by atoms with van der Waals surface area (Å²) < 4.78 is 50.7. The summed E-state index contributed by atoms with van der Waals surface area (Å²) in [4.78, 5) is 52.3. The predicted octanol–water partition coefficient (Wildman–Crippen LogP) is 3.66. The summed E-state index contributed by atoms with van der Waals surface area (Å²) in [7, 11) is 0. The van der Waals surface area contributed by atoms with E-state index in [0.717, 1.165) is 42.5 Å². The second-order valence-electron chi connectivity index (χ2n) is 4.61. The van der Waals surface area contributed by atoms with E-state index in [1.54, 1.807) is 0 Å². The molecule has 0 bridgehead atoms. The van der Waals surface area contributed by atoms with Crippen molar-refractivity contribution in [2.45, 2.75) is 7.43 Å². The van der Waals surface area contributed by atoms with Gasteiger partial charge in [0.1, 0.15) is 34.4 Å². The van der Waals surface area contributed by atoms with Gasteiger partial charge in [0.2, 0.25) is 6.08 Å². The third-order valence-corrected chi connectivity index (χ3v) is 3.13. The van der Waals surface area contributed by atoms with Crippen molar-refractivity contribution in [2.75, 3.05) is 0 Å². The standard InChI is InChI=1S/C8H3F2NO2.C7H5F2NO.C2Cl2O2.CH4/c9-5-2-1-3-6(10)7(5)8(13)11-4-12;8-4-2-1-3-5(9)6(4)7(10)11;3-1(5)2(4)6;/h1-3H;1-3H,(H2,10,11);;1H4. The fourth-order valence-electron chi connectivity index (χ4n) is 1.53. The van der Waals surface area contributed by atoms with Crippen LogP contribution in [0.1, 0.15) is 28.1 Å². The summed E-state index contributed by atoms with van der Waals surface area (Å²) in [6.45, 7) is 0. The number of nitrogens with two attached hydrogens (primary N) is 1. The van der Waals surface area contributed by atoms with Gasteiger partial charge in [0.05, 0.1) is 0 Å². The Bertz CT molecular complexity index is 976. The highest BCUT2D eigenvalue weighted by Crippen LogP contribution is 2.12. The molecular formula is C18H12Cl2F4N2O5. The number of isocyanates is 1. The van der Waals surface area contributed by atoms with Gasteiger partial charge in [-0.25, -0.2) is 22.4 Å². The van der Waals surface area contributed by atoms with Crippen LogP contribution in [-0.4, -0.2) is 28.4 Å². The molecule has 0 fully saturated rings. The molecule has 2 aromatic carbocycles. The quantitative estimate of drug-likeness (QED) is 0.235. The Morgan fingerprint density at radius 1 is 0.774 bits per heavy atom. The molecule has 0 aliphatic rings. The molecule has 0 radical (unpaired) electrons. The SMILES string of the molecule is C.NC(=O)c1c(F)cccc1F.O=C(Cl)C(=O)Cl.O=C=NC(=O)c1c(F)cccc1F. The number of carbonyl (C=O) groups is 4. The summed E-state index contributed by atoms with van der Waals surface area (Å²) in [6, 6.07) is 6.02. The first-order valence-corrected chi connectivity index (χ1v) is 7.88. The van der Waals surface area contributed by atoms with E-state index in [-0.39, 0.29) is 7.43 Å². The van der Waals surface area contributed by atoms with Crippen LogP contribution in [-0.2, 0) is 14.4 Å². The number of hydrogen-bond acceptors (Lipinski definition) is 5. The molecule has 0 unspecified atom stereocenters. The van der Waals surface area contributed by atoms with Gasteiger partial charge >= 0.3 is 10.5 Å². The lowest BCUT2D eigenvalue weighted by Crippen LogP contribution is -2.15. The fourth-order valence-corrected chi connectivity index (χ4v) is 1.53. The van der Waals surface area contributed by atoms with E-state index in [1.165, 1.54) is 0 Å².